The molecule has 0 spiro atoms. The summed E-state index contributed by atoms with van der Waals surface area (Å²) < 4.78 is 0. The van der Waals surface area contributed by atoms with E-state index in [1.807, 2.05) is 36.4 Å². The average Bonchev–Trinajstić information content (AvgIpc) is 3.15. The third kappa shape index (κ3) is 5.69. The third-order valence-corrected chi connectivity index (χ3v) is 5.50. The predicted octanol–water partition coefficient (Wildman–Crippen LogP) is 2.63. The van der Waals surface area contributed by atoms with E-state index < -0.39 is 12.1 Å². The van der Waals surface area contributed by atoms with Crippen LogP contribution >= 0.6 is 0 Å². The molecule has 30 heavy (non-hydrogen) atoms. The van der Waals surface area contributed by atoms with E-state index in [0.29, 0.717) is 32.2 Å². The van der Waals surface area contributed by atoms with Crippen LogP contribution in [0, 0.1) is 0 Å². The minimum atomic E-state index is -0.708. The van der Waals surface area contributed by atoms with Crippen molar-refractivity contribution in [2.45, 2.75) is 51.1 Å². The molecule has 2 amide bonds. The van der Waals surface area contributed by atoms with Gasteiger partial charge in [0.1, 0.15) is 11.8 Å². The van der Waals surface area contributed by atoms with Crippen LogP contribution in [0.25, 0.3) is 0 Å². The van der Waals surface area contributed by atoms with Gasteiger partial charge in [0.05, 0.1) is 6.04 Å². The summed E-state index contributed by atoms with van der Waals surface area (Å²) in [4.78, 5) is 39.3. The molecule has 1 heterocycles. The van der Waals surface area contributed by atoms with Gasteiger partial charge in [-0.2, -0.15) is 0 Å². The van der Waals surface area contributed by atoms with Crippen molar-refractivity contribution in [3.8, 4) is 5.75 Å². The highest BCUT2D eigenvalue weighted by atomic mass is 16.3. The largest absolute Gasteiger partial charge is 0.508 e. The minimum Gasteiger partial charge on any atom is -0.508 e. The number of likely N-dealkylation sites (tertiary alicyclic amines) is 1. The topological polar surface area (TPSA) is 86.7 Å². The zero-order valence-corrected chi connectivity index (χ0v) is 17.2. The van der Waals surface area contributed by atoms with Gasteiger partial charge in [-0.3, -0.25) is 14.4 Å². The van der Waals surface area contributed by atoms with Crippen LogP contribution in [0.2, 0.25) is 0 Å². The Bertz CT molecular complexity index is 897. The molecular weight excluding hydrogens is 380 g/mol. The van der Waals surface area contributed by atoms with E-state index in [0.717, 1.165) is 11.1 Å². The SMILES string of the molecule is CC(=O)[C@H](CCc1ccccc1)NC(=O)[C@H](Cc1cccc(O)c1)N1CCCC1=O. The zero-order chi connectivity index (χ0) is 21.5. The maximum atomic E-state index is 13.2. The lowest BCUT2D eigenvalue weighted by Crippen LogP contribution is -2.52. The zero-order valence-electron chi connectivity index (χ0n) is 17.2. The molecule has 0 unspecified atom stereocenters. The van der Waals surface area contributed by atoms with E-state index in [2.05, 4.69) is 5.32 Å². The van der Waals surface area contributed by atoms with E-state index >= 15 is 0 Å². The lowest BCUT2D eigenvalue weighted by molar-refractivity contribution is -0.138. The van der Waals surface area contributed by atoms with E-state index in [1.54, 1.807) is 23.1 Å². The van der Waals surface area contributed by atoms with Crippen molar-refractivity contribution in [2.75, 3.05) is 6.54 Å². The Labute approximate surface area is 176 Å². The molecule has 0 radical (unpaired) electrons. The first kappa shape index (κ1) is 21.6. The van der Waals surface area contributed by atoms with Gasteiger partial charge in [0.15, 0.2) is 5.78 Å². The van der Waals surface area contributed by atoms with Gasteiger partial charge in [0.2, 0.25) is 11.8 Å². The van der Waals surface area contributed by atoms with Gasteiger partial charge in [-0.25, -0.2) is 0 Å². The quantitative estimate of drug-likeness (QED) is 0.668. The Balaban J connectivity index is 1.73. The molecule has 1 saturated heterocycles. The lowest BCUT2D eigenvalue weighted by atomic mass is 10.0. The molecule has 2 aromatic carbocycles. The number of phenols is 1. The predicted molar refractivity (Wildman–Crippen MR) is 114 cm³/mol. The molecule has 1 aliphatic rings. The van der Waals surface area contributed by atoms with Crippen molar-refractivity contribution in [2.24, 2.45) is 0 Å². The second-order valence-corrected chi connectivity index (χ2v) is 7.78. The van der Waals surface area contributed by atoms with Crippen LogP contribution in [0.15, 0.2) is 54.6 Å². The van der Waals surface area contributed by atoms with Gasteiger partial charge in [-0.1, -0.05) is 42.5 Å². The van der Waals surface area contributed by atoms with Gasteiger partial charge in [0, 0.05) is 19.4 Å². The van der Waals surface area contributed by atoms with Crippen LogP contribution in [-0.2, 0) is 27.2 Å². The fraction of sp³-hybridized carbons (Fsp3) is 0.375. The highest BCUT2D eigenvalue weighted by molar-refractivity contribution is 5.92. The summed E-state index contributed by atoms with van der Waals surface area (Å²) in [6.45, 7) is 1.99. The molecule has 1 aliphatic heterocycles. The Hall–Kier alpha value is -3.15. The van der Waals surface area contributed by atoms with E-state index in [1.165, 1.54) is 6.92 Å². The summed E-state index contributed by atoms with van der Waals surface area (Å²) in [5.41, 5.74) is 1.86. The number of carbonyl (C=O) groups excluding carboxylic acids is 3. The number of Topliss-reactive ketones (excluding diaryl/α,β-unsaturated/α-hetero) is 1. The molecular formula is C24H28N2O4. The molecule has 6 heteroatoms. The molecule has 3 rings (SSSR count). The Kier molecular flexibility index (Phi) is 7.22. The summed E-state index contributed by atoms with van der Waals surface area (Å²) in [7, 11) is 0. The minimum absolute atomic E-state index is 0.0565. The first-order chi connectivity index (χ1) is 14.4. The van der Waals surface area contributed by atoms with Gasteiger partial charge in [-0.05, 0) is 49.4 Å². The summed E-state index contributed by atoms with van der Waals surface area (Å²) in [6, 6.07) is 15.2. The molecule has 0 bridgehead atoms. The molecule has 2 atom stereocenters. The highest BCUT2D eigenvalue weighted by Crippen LogP contribution is 2.20. The number of rotatable bonds is 9. The van der Waals surface area contributed by atoms with Crippen LogP contribution in [0.1, 0.15) is 37.3 Å². The van der Waals surface area contributed by atoms with E-state index in [9.17, 15) is 19.5 Å². The number of aryl methyl sites for hydroxylation is 1. The van der Waals surface area contributed by atoms with Crippen molar-refractivity contribution >= 4 is 17.6 Å². The van der Waals surface area contributed by atoms with Crippen molar-refractivity contribution in [3.05, 3.63) is 65.7 Å². The average molecular weight is 408 g/mol. The smallest absolute Gasteiger partial charge is 0.243 e. The summed E-state index contributed by atoms with van der Waals surface area (Å²) in [6.07, 6.45) is 2.60. The molecule has 0 saturated carbocycles. The number of phenolic OH excluding ortho intramolecular Hbond substituents is 1. The lowest BCUT2D eigenvalue weighted by Gasteiger charge is -2.29. The monoisotopic (exact) mass is 408 g/mol. The van der Waals surface area contributed by atoms with Gasteiger partial charge in [-0.15, -0.1) is 0 Å². The van der Waals surface area contributed by atoms with Crippen molar-refractivity contribution < 1.29 is 19.5 Å². The van der Waals surface area contributed by atoms with Gasteiger partial charge in [0.25, 0.3) is 0 Å². The molecule has 6 nitrogen and oxygen atoms in total. The van der Waals surface area contributed by atoms with Crippen molar-refractivity contribution in [1.82, 2.24) is 10.2 Å². The van der Waals surface area contributed by atoms with E-state index in [4.69, 9.17) is 0 Å². The second-order valence-electron chi connectivity index (χ2n) is 7.78. The number of carbonyl (C=O) groups is 3. The molecule has 0 aliphatic carbocycles. The fourth-order valence-corrected chi connectivity index (χ4v) is 3.85. The number of nitrogens with one attached hydrogen (secondary N) is 1. The number of benzene rings is 2. The van der Waals surface area contributed by atoms with Crippen LogP contribution in [0.3, 0.4) is 0 Å². The Morgan fingerprint density at radius 3 is 2.47 bits per heavy atom. The maximum Gasteiger partial charge on any atom is 0.243 e. The van der Waals surface area contributed by atoms with Crippen LogP contribution in [-0.4, -0.2) is 46.2 Å². The molecule has 2 N–H and O–H groups in total. The number of ketones is 1. The Morgan fingerprint density at radius 1 is 1.10 bits per heavy atom. The standard InChI is InChI=1S/C24H28N2O4/c1-17(27)21(13-12-18-7-3-2-4-8-18)25-24(30)22(26-14-6-11-23(26)29)16-19-9-5-10-20(28)15-19/h2-5,7-10,15,21-22,28H,6,11-14,16H2,1H3,(H,25,30)/t21-,22-/m0/s1. The van der Waals surface area contributed by atoms with Crippen LogP contribution in [0.5, 0.6) is 5.75 Å². The molecule has 1 fully saturated rings. The van der Waals surface area contributed by atoms with Gasteiger partial charge < -0.3 is 15.3 Å². The number of aromatic hydroxyl groups is 1. The number of hydrogen-bond donors (Lipinski definition) is 2. The molecule has 158 valence electrons. The highest BCUT2D eigenvalue weighted by Gasteiger charge is 2.34. The first-order valence-electron chi connectivity index (χ1n) is 10.4. The van der Waals surface area contributed by atoms with Gasteiger partial charge >= 0.3 is 0 Å². The van der Waals surface area contributed by atoms with E-state index in [-0.39, 0.29) is 29.8 Å². The summed E-state index contributed by atoms with van der Waals surface area (Å²) in [5, 5.41) is 12.6. The molecule has 2 aromatic rings. The van der Waals surface area contributed by atoms with Crippen molar-refractivity contribution in [3.63, 3.8) is 0 Å². The number of hydrogen-bond acceptors (Lipinski definition) is 4. The molecule has 0 aromatic heterocycles. The maximum absolute atomic E-state index is 13.2. The Morgan fingerprint density at radius 2 is 1.83 bits per heavy atom. The number of amides is 2. The van der Waals surface area contributed by atoms with Crippen LogP contribution in [0.4, 0.5) is 0 Å². The fourth-order valence-electron chi connectivity index (χ4n) is 3.85. The van der Waals surface area contributed by atoms with Crippen molar-refractivity contribution in [1.29, 1.82) is 0 Å². The second kappa shape index (κ2) is 10.1. The normalized spacial score (nSPS) is 15.6. The first-order valence-corrected chi connectivity index (χ1v) is 10.4. The summed E-state index contributed by atoms with van der Waals surface area (Å²) in [5.74, 6) is -0.382. The number of nitrogens with zero attached hydrogens (tertiary/aromatic N) is 1. The van der Waals surface area contributed by atoms with Crippen LogP contribution < -0.4 is 5.32 Å². The third-order valence-electron chi connectivity index (χ3n) is 5.50. The summed E-state index contributed by atoms with van der Waals surface area (Å²) >= 11 is 0.